The monoisotopic (exact) mass is 290 g/mol. The number of nitrogens with zero attached hydrogens (tertiary/aromatic N) is 2. The van der Waals surface area contributed by atoms with Crippen LogP contribution in [0, 0.1) is 5.41 Å². The molecule has 0 aromatic carbocycles. The molecule has 1 saturated carbocycles. The maximum absolute atomic E-state index is 5.87. The third-order valence-electron chi connectivity index (χ3n) is 3.30. The van der Waals surface area contributed by atoms with Crippen molar-refractivity contribution in [2.24, 2.45) is 5.41 Å². The highest BCUT2D eigenvalue weighted by molar-refractivity contribution is 9.09. The largest absolute Gasteiger partial charge is 0.271 e. The highest BCUT2D eigenvalue weighted by Crippen LogP contribution is 2.39. The Kier molecular flexibility index (Phi) is 3.73. The summed E-state index contributed by atoms with van der Waals surface area (Å²) in [4.78, 5) is 0. The first kappa shape index (κ1) is 11.5. The fourth-order valence-electron chi connectivity index (χ4n) is 2.40. The number of alkyl halides is 1. The van der Waals surface area contributed by atoms with E-state index in [-0.39, 0.29) is 0 Å². The Morgan fingerprint density at radius 3 is 2.67 bits per heavy atom. The van der Waals surface area contributed by atoms with E-state index in [4.69, 9.17) is 11.6 Å². The van der Waals surface area contributed by atoms with Gasteiger partial charge in [0.25, 0.3) is 0 Å². The second-order valence-corrected chi connectivity index (χ2v) is 5.55. The van der Waals surface area contributed by atoms with Gasteiger partial charge in [0.05, 0.1) is 11.2 Å². The summed E-state index contributed by atoms with van der Waals surface area (Å²) >= 11 is 9.53. The average molecular weight is 292 g/mol. The molecule has 0 amide bonds. The van der Waals surface area contributed by atoms with E-state index in [0.29, 0.717) is 5.41 Å². The quantitative estimate of drug-likeness (QED) is 0.773. The van der Waals surface area contributed by atoms with Crippen LogP contribution in [-0.4, -0.2) is 15.1 Å². The Labute approximate surface area is 104 Å². The van der Waals surface area contributed by atoms with Gasteiger partial charge < -0.3 is 0 Å². The summed E-state index contributed by atoms with van der Waals surface area (Å²) in [6.45, 7) is 0.991. The molecule has 1 aromatic rings. The van der Waals surface area contributed by atoms with E-state index in [9.17, 15) is 0 Å². The molecule has 1 aromatic heterocycles. The maximum Gasteiger partial charge on any atom is 0.0785 e. The molecule has 15 heavy (non-hydrogen) atoms. The van der Waals surface area contributed by atoms with Crippen LogP contribution < -0.4 is 0 Å². The number of hydrogen-bond donors (Lipinski definition) is 0. The number of aromatic nitrogens is 2. The highest BCUT2D eigenvalue weighted by Gasteiger charge is 2.31. The van der Waals surface area contributed by atoms with Gasteiger partial charge in [0.2, 0.25) is 0 Å². The van der Waals surface area contributed by atoms with Crippen molar-refractivity contribution in [3.05, 3.63) is 17.4 Å². The molecule has 2 nitrogen and oxygen atoms in total. The topological polar surface area (TPSA) is 17.8 Å². The third kappa shape index (κ3) is 2.76. The molecule has 0 spiro atoms. The molecular formula is C11H16BrClN2. The first-order chi connectivity index (χ1) is 7.24. The van der Waals surface area contributed by atoms with E-state index in [0.717, 1.165) is 16.9 Å². The van der Waals surface area contributed by atoms with Gasteiger partial charge in [-0.1, -0.05) is 46.8 Å². The number of hydrogen-bond acceptors (Lipinski definition) is 1. The smallest absolute Gasteiger partial charge is 0.0785 e. The van der Waals surface area contributed by atoms with Gasteiger partial charge in [0.15, 0.2) is 0 Å². The van der Waals surface area contributed by atoms with Crippen LogP contribution in [0.1, 0.15) is 32.1 Å². The van der Waals surface area contributed by atoms with E-state index in [1.54, 1.807) is 6.20 Å². The van der Waals surface area contributed by atoms with Gasteiger partial charge in [0, 0.05) is 18.1 Å². The van der Waals surface area contributed by atoms with Gasteiger partial charge in [0.1, 0.15) is 0 Å². The second-order valence-electron chi connectivity index (χ2n) is 4.55. The number of halogens is 2. The molecule has 0 bridgehead atoms. The Balaban J connectivity index is 2.06. The number of rotatable bonds is 3. The predicted octanol–water partition coefficient (Wildman–Crippen LogP) is 3.88. The van der Waals surface area contributed by atoms with Gasteiger partial charge in [-0.05, 0) is 18.3 Å². The normalized spacial score (nSPS) is 20.4. The molecule has 84 valence electrons. The van der Waals surface area contributed by atoms with E-state index in [2.05, 4.69) is 21.0 Å². The molecule has 1 aliphatic carbocycles. The van der Waals surface area contributed by atoms with Crippen LogP contribution in [-0.2, 0) is 6.54 Å². The van der Waals surface area contributed by atoms with E-state index in [1.807, 2.05) is 10.9 Å². The van der Waals surface area contributed by atoms with Crippen LogP contribution in [0.5, 0.6) is 0 Å². The second kappa shape index (κ2) is 4.88. The first-order valence-electron chi connectivity index (χ1n) is 5.48. The molecule has 1 heterocycles. The Bertz CT molecular complexity index is 318. The van der Waals surface area contributed by atoms with Gasteiger partial charge in [-0.15, -0.1) is 0 Å². The lowest BCUT2D eigenvalue weighted by Crippen LogP contribution is -2.31. The van der Waals surface area contributed by atoms with Crippen molar-refractivity contribution in [3.63, 3.8) is 0 Å². The zero-order valence-corrected chi connectivity index (χ0v) is 11.1. The molecule has 0 unspecified atom stereocenters. The Morgan fingerprint density at radius 1 is 1.40 bits per heavy atom. The highest BCUT2D eigenvalue weighted by atomic mass is 79.9. The van der Waals surface area contributed by atoms with Gasteiger partial charge in [-0.2, -0.15) is 5.10 Å². The summed E-state index contributed by atoms with van der Waals surface area (Å²) < 4.78 is 1.98. The molecule has 1 fully saturated rings. The fraction of sp³-hybridized carbons (Fsp3) is 0.727. The summed E-state index contributed by atoms with van der Waals surface area (Å²) in [5, 5.41) is 6.07. The lowest BCUT2D eigenvalue weighted by atomic mass is 9.76. The minimum atomic E-state index is 0.396. The van der Waals surface area contributed by atoms with Crippen molar-refractivity contribution in [1.82, 2.24) is 9.78 Å². The maximum atomic E-state index is 5.87. The molecule has 2 rings (SSSR count). The lowest BCUT2D eigenvalue weighted by Gasteiger charge is -2.35. The predicted molar refractivity (Wildman–Crippen MR) is 66.5 cm³/mol. The summed E-state index contributed by atoms with van der Waals surface area (Å²) in [6.07, 6.45) is 10.3. The van der Waals surface area contributed by atoms with Crippen molar-refractivity contribution in [3.8, 4) is 0 Å². The summed E-state index contributed by atoms with van der Waals surface area (Å²) in [5.74, 6) is 0. The van der Waals surface area contributed by atoms with Crippen LogP contribution in [0.15, 0.2) is 12.4 Å². The van der Waals surface area contributed by atoms with Crippen LogP contribution in [0.2, 0.25) is 5.02 Å². The van der Waals surface area contributed by atoms with Crippen LogP contribution in [0.4, 0.5) is 0 Å². The van der Waals surface area contributed by atoms with Gasteiger partial charge in [-0.25, -0.2) is 0 Å². The molecule has 4 heteroatoms. The molecular weight excluding hydrogens is 275 g/mol. The molecule has 0 atom stereocenters. The minimum Gasteiger partial charge on any atom is -0.271 e. The van der Waals surface area contributed by atoms with Crippen LogP contribution >= 0.6 is 27.5 Å². The van der Waals surface area contributed by atoms with Crippen molar-refractivity contribution in [2.45, 2.75) is 38.6 Å². The van der Waals surface area contributed by atoms with Crippen LogP contribution in [0.25, 0.3) is 0 Å². The van der Waals surface area contributed by atoms with E-state index >= 15 is 0 Å². The molecule has 1 aliphatic rings. The Morgan fingerprint density at radius 2 is 2.13 bits per heavy atom. The zero-order valence-electron chi connectivity index (χ0n) is 8.75. The minimum absolute atomic E-state index is 0.396. The van der Waals surface area contributed by atoms with Crippen molar-refractivity contribution in [2.75, 3.05) is 5.33 Å². The SMILES string of the molecule is Clc1cnn(CC2(CBr)CCCCC2)c1. The first-order valence-corrected chi connectivity index (χ1v) is 6.98. The van der Waals surface area contributed by atoms with E-state index < -0.39 is 0 Å². The molecule has 0 N–H and O–H groups in total. The molecule has 0 saturated heterocycles. The van der Waals surface area contributed by atoms with Crippen molar-refractivity contribution in [1.29, 1.82) is 0 Å². The summed E-state index contributed by atoms with van der Waals surface area (Å²) in [7, 11) is 0. The standard InChI is InChI=1S/C11H16BrClN2/c12-8-11(4-2-1-3-5-11)9-15-7-10(13)6-14-15/h6-7H,1-5,8-9H2. The van der Waals surface area contributed by atoms with Crippen molar-refractivity contribution >= 4 is 27.5 Å². The summed E-state index contributed by atoms with van der Waals surface area (Å²) in [5.41, 5.74) is 0.396. The Hall–Kier alpha value is -0.0200. The van der Waals surface area contributed by atoms with Gasteiger partial charge >= 0.3 is 0 Å². The molecule has 0 aliphatic heterocycles. The van der Waals surface area contributed by atoms with E-state index in [1.165, 1.54) is 32.1 Å². The average Bonchev–Trinajstić information content (AvgIpc) is 2.65. The van der Waals surface area contributed by atoms with Crippen LogP contribution in [0.3, 0.4) is 0 Å². The molecule has 0 radical (unpaired) electrons. The lowest BCUT2D eigenvalue weighted by molar-refractivity contribution is 0.183. The zero-order chi connectivity index (χ0) is 10.7. The van der Waals surface area contributed by atoms with Gasteiger partial charge in [-0.3, -0.25) is 4.68 Å². The van der Waals surface area contributed by atoms with Crippen molar-refractivity contribution < 1.29 is 0 Å². The summed E-state index contributed by atoms with van der Waals surface area (Å²) in [6, 6.07) is 0. The fourth-order valence-corrected chi connectivity index (χ4v) is 3.30. The third-order valence-corrected chi connectivity index (χ3v) is 4.68.